The Morgan fingerprint density at radius 1 is 1.11 bits per heavy atom. The topological polar surface area (TPSA) is 75.7 Å². The Labute approximate surface area is 174 Å². The van der Waals surface area contributed by atoms with E-state index < -0.39 is 10.0 Å². The number of anilines is 1. The maximum Gasteiger partial charge on any atom is 0.243 e. The molecule has 1 aliphatic rings. The number of carbonyl (C=O) groups is 1. The Hall–Kier alpha value is -1.80. The summed E-state index contributed by atoms with van der Waals surface area (Å²) in [4.78, 5) is 12.7. The zero-order chi connectivity index (χ0) is 20.3. The van der Waals surface area contributed by atoms with E-state index in [1.807, 2.05) is 0 Å². The van der Waals surface area contributed by atoms with Gasteiger partial charge in [-0.25, -0.2) is 8.42 Å². The number of halogens is 2. The van der Waals surface area contributed by atoms with Gasteiger partial charge in [-0.2, -0.15) is 4.31 Å². The molecule has 1 amide bonds. The van der Waals surface area contributed by atoms with E-state index in [1.165, 1.54) is 23.5 Å². The van der Waals surface area contributed by atoms with Crippen LogP contribution in [0.2, 0.25) is 10.0 Å². The van der Waals surface area contributed by atoms with Gasteiger partial charge in [-0.1, -0.05) is 23.2 Å². The van der Waals surface area contributed by atoms with Crippen molar-refractivity contribution in [1.82, 2.24) is 4.31 Å². The van der Waals surface area contributed by atoms with Crippen molar-refractivity contribution in [2.24, 2.45) is 5.92 Å². The Bertz CT molecular complexity index is 956. The first-order chi connectivity index (χ1) is 13.3. The molecular weight excluding hydrogens is 423 g/mol. The summed E-state index contributed by atoms with van der Waals surface area (Å²) in [5, 5.41) is 3.72. The van der Waals surface area contributed by atoms with Crippen molar-refractivity contribution in [2.45, 2.75) is 17.7 Å². The predicted octanol–water partition coefficient (Wildman–Crippen LogP) is 4.04. The summed E-state index contributed by atoms with van der Waals surface area (Å²) in [6, 6.07) is 11.1. The minimum atomic E-state index is -3.59. The van der Waals surface area contributed by atoms with Crippen molar-refractivity contribution >= 4 is 44.8 Å². The summed E-state index contributed by atoms with van der Waals surface area (Å²) < 4.78 is 31.9. The van der Waals surface area contributed by atoms with Crippen LogP contribution in [0.1, 0.15) is 12.8 Å². The van der Waals surface area contributed by atoms with Gasteiger partial charge in [-0.15, -0.1) is 0 Å². The number of ether oxygens (including phenoxy) is 1. The second-order valence-corrected chi connectivity index (χ2v) is 9.25. The number of benzene rings is 2. The molecule has 0 atom stereocenters. The number of nitrogens with zero attached hydrogens (tertiary/aromatic N) is 1. The molecule has 0 bridgehead atoms. The van der Waals surface area contributed by atoms with Crippen molar-refractivity contribution in [3.8, 4) is 5.75 Å². The van der Waals surface area contributed by atoms with E-state index in [-0.39, 0.29) is 29.8 Å². The smallest absolute Gasteiger partial charge is 0.243 e. The van der Waals surface area contributed by atoms with Gasteiger partial charge >= 0.3 is 0 Å². The maximum atomic E-state index is 12.7. The molecule has 150 valence electrons. The Balaban J connectivity index is 1.61. The molecular formula is C19H20Cl2N2O4S. The van der Waals surface area contributed by atoms with Gasteiger partial charge in [0.2, 0.25) is 15.9 Å². The van der Waals surface area contributed by atoms with Gasteiger partial charge in [-0.05, 0) is 55.3 Å². The van der Waals surface area contributed by atoms with Crippen LogP contribution >= 0.6 is 23.2 Å². The number of hydrogen-bond acceptors (Lipinski definition) is 4. The van der Waals surface area contributed by atoms with Gasteiger partial charge in [0.15, 0.2) is 0 Å². The molecule has 0 saturated carbocycles. The third-order valence-corrected chi connectivity index (χ3v) is 7.16. The van der Waals surface area contributed by atoms with Gasteiger partial charge in [0.25, 0.3) is 0 Å². The number of carbonyl (C=O) groups excluding carboxylic acids is 1. The lowest BCUT2D eigenvalue weighted by Gasteiger charge is -2.30. The molecule has 0 aromatic heterocycles. The average molecular weight is 443 g/mol. The van der Waals surface area contributed by atoms with E-state index in [1.54, 1.807) is 30.3 Å². The van der Waals surface area contributed by atoms with Crippen molar-refractivity contribution in [1.29, 1.82) is 0 Å². The molecule has 0 radical (unpaired) electrons. The highest BCUT2D eigenvalue weighted by atomic mass is 35.5. The fourth-order valence-corrected chi connectivity index (χ4v) is 4.96. The van der Waals surface area contributed by atoms with Gasteiger partial charge in [0.1, 0.15) is 5.75 Å². The third-order valence-electron chi connectivity index (χ3n) is 4.70. The van der Waals surface area contributed by atoms with Crippen LogP contribution in [0, 0.1) is 5.92 Å². The first-order valence-corrected chi connectivity index (χ1v) is 10.9. The molecule has 2 aromatic rings. The van der Waals surface area contributed by atoms with Crippen LogP contribution < -0.4 is 10.1 Å². The summed E-state index contributed by atoms with van der Waals surface area (Å²) in [7, 11) is -2.07. The highest BCUT2D eigenvalue weighted by Crippen LogP contribution is 2.29. The van der Waals surface area contributed by atoms with E-state index in [0.29, 0.717) is 34.3 Å². The normalized spacial score (nSPS) is 16.0. The van der Waals surface area contributed by atoms with E-state index in [9.17, 15) is 13.2 Å². The van der Waals surface area contributed by atoms with E-state index in [2.05, 4.69) is 5.32 Å². The lowest BCUT2D eigenvalue weighted by molar-refractivity contribution is -0.120. The second kappa shape index (κ2) is 8.69. The minimum Gasteiger partial charge on any atom is -0.495 e. The van der Waals surface area contributed by atoms with Crippen molar-refractivity contribution in [3.05, 3.63) is 52.5 Å². The first kappa shape index (κ1) is 20.9. The van der Waals surface area contributed by atoms with Crippen LogP contribution in [0.5, 0.6) is 5.75 Å². The Kier molecular flexibility index (Phi) is 6.50. The fourth-order valence-electron chi connectivity index (χ4n) is 3.10. The van der Waals surface area contributed by atoms with Gasteiger partial charge in [0.05, 0.1) is 17.0 Å². The van der Waals surface area contributed by atoms with Crippen LogP contribution in [-0.4, -0.2) is 38.8 Å². The Morgan fingerprint density at radius 3 is 2.32 bits per heavy atom. The summed E-state index contributed by atoms with van der Waals surface area (Å²) in [5.74, 6) is 0.114. The van der Waals surface area contributed by atoms with Crippen molar-refractivity contribution < 1.29 is 17.9 Å². The lowest BCUT2D eigenvalue weighted by atomic mass is 9.97. The summed E-state index contributed by atoms with van der Waals surface area (Å²) in [5.41, 5.74) is 0.576. The van der Waals surface area contributed by atoms with E-state index in [4.69, 9.17) is 27.9 Å². The molecule has 3 rings (SSSR count). The van der Waals surface area contributed by atoms with Gasteiger partial charge in [-0.3, -0.25) is 4.79 Å². The van der Waals surface area contributed by atoms with Gasteiger partial charge in [0, 0.05) is 29.7 Å². The van der Waals surface area contributed by atoms with Crippen LogP contribution in [0.15, 0.2) is 47.4 Å². The molecule has 1 saturated heterocycles. The average Bonchev–Trinajstić information content (AvgIpc) is 2.68. The first-order valence-electron chi connectivity index (χ1n) is 8.71. The lowest BCUT2D eigenvalue weighted by Crippen LogP contribution is -2.41. The fraction of sp³-hybridized carbons (Fsp3) is 0.316. The monoisotopic (exact) mass is 442 g/mol. The van der Waals surface area contributed by atoms with Gasteiger partial charge < -0.3 is 10.1 Å². The number of nitrogens with one attached hydrogen (secondary N) is 1. The van der Waals surface area contributed by atoms with Crippen molar-refractivity contribution in [2.75, 3.05) is 25.5 Å². The molecule has 28 heavy (non-hydrogen) atoms. The van der Waals surface area contributed by atoms with Crippen LogP contribution in [0.25, 0.3) is 0 Å². The molecule has 1 fully saturated rings. The number of amides is 1. The quantitative estimate of drug-likeness (QED) is 0.757. The highest BCUT2D eigenvalue weighted by Gasteiger charge is 2.32. The molecule has 1 heterocycles. The zero-order valence-corrected chi connectivity index (χ0v) is 17.5. The minimum absolute atomic E-state index is 0.148. The number of sulfonamides is 1. The summed E-state index contributed by atoms with van der Waals surface area (Å²) in [6.07, 6.45) is 0.894. The summed E-state index contributed by atoms with van der Waals surface area (Å²) in [6.45, 7) is 0.568. The van der Waals surface area contributed by atoms with E-state index >= 15 is 0 Å². The molecule has 1 aliphatic heterocycles. The van der Waals surface area contributed by atoms with Crippen molar-refractivity contribution in [3.63, 3.8) is 0 Å². The number of methoxy groups -OCH3 is 1. The largest absolute Gasteiger partial charge is 0.495 e. The molecule has 2 aromatic carbocycles. The van der Waals surface area contributed by atoms with Crippen LogP contribution in [0.4, 0.5) is 5.69 Å². The maximum absolute atomic E-state index is 12.7. The summed E-state index contributed by atoms with van der Waals surface area (Å²) >= 11 is 11.9. The Morgan fingerprint density at radius 2 is 1.75 bits per heavy atom. The predicted molar refractivity (Wildman–Crippen MR) is 110 cm³/mol. The standard InChI is InChI=1S/C19H20Cl2N2O4S/c1-27-18-7-4-15(12-17(18)21)22-19(24)13-8-10-23(11-9-13)28(25,26)16-5-2-14(20)3-6-16/h2-7,12-13H,8-11H2,1H3,(H,22,24). The number of rotatable bonds is 5. The molecule has 0 aliphatic carbocycles. The second-order valence-electron chi connectivity index (χ2n) is 6.47. The zero-order valence-electron chi connectivity index (χ0n) is 15.2. The molecule has 1 N–H and O–H groups in total. The molecule has 6 nitrogen and oxygen atoms in total. The van der Waals surface area contributed by atoms with Crippen LogP contribution in [0.3, 0.4) is 0 Å². The number of piperidine rings is 1. The van der Waals surface area contributed by atoms with E-state index in [0.717, 1.165) is 0 Å². The third kappa shape index (κ3) is 4.60. The van der Waals surface area contributed by atoms with Crippen LogP contribution in [-0.2, 0) is 14.8 Å². The molecule has 0 spiro atoms. The number of hydrogen-bond donors (Lipinski definition) is 1. The highest BCUT2D eigenvalue weighted by molar-refractivity contribution is 7.89. The SMILES string of the molecule is COc1ccc(NC(=O)C2CCN(S(=O)(=O)c3ccc(Cl)cc3)CC2)cc1Cl. The molecule has 9 heteroatoms. The molecule has 0 unspecified atom stereocenters.